The Kier molecular flexibility index (Phi) is 7.10. The molecule has 0 bridgehead atoms. The molecule has 1 saturated heterocycles. The van der Waals surface area contributed by atoms with Crippen molar-refractivity contribution in [1.29, 1.82) is 0 Å². The normalized spacial score (nSPS) is 21.1. The first-order chi connectivity index (χ1) is 15.4. The number of nitrogens with zero attached hydrogens (tertiary/aromatic N) is 2. The molecule has 0 radical (unpaired) electrons. The summed E-state index contributed by atoms with van der Waals surface area (Å²) in [6, 6.07) is 9.81. The molecule has 172 valence electrons. The standard InChI is InChI=1S/C24H31N3O4S/c1-18-23(22(31-26-18)15-14-19-9-4-2-5-10-19)32(29,30)27-16-8-11-20(17-27)24(28)25-21-12-6-3-7-13-21/h2,4-5,9-10,14-15,20-21H,3,6-8,11-13,16-17H2,1H3,(H,25,28). The summed E-state index contributed by atoms with van der Waals surface area (Å²) in [5.74, 6) is -0.146. The van der Waals surface area contributed by atoms with E-state index in [0.29, 0.717) is 25.1 Å². The van der Waals surface area contributed by atoms with Gasteiger partial charge in [-0.2, -0.15) is 4.31 Å². The minimum absolute atomic E-state index is 0.0250. The van der Waals surface area contributed by atoms with Gasteiger partial charge in [-0.3, -0.25) is 4.79 Å². The van der Waals surface area contributed by atoms with Crippen LogP contribution in [0.25, 0.3) is 12.2 Å². The van der Waals surface area contributed by atoms with Crippen LogP contribution in [0.4, 0.5) is 0 Å². The van der Waals surface area contributed by atoms with Gasteiger partial charge < -0.3 is 9.84 Å². The largest absolute Gasteiger partial charge is 0.355 e. The van der Waals surface area contributed by atoms with Gasteiger partial charge in [0.25, 0.3) is 0 Å². The summed E-state index contributed by atoms with van der Waals surface area (Å²) in [4.78, 5) is 12.9. The number of nitrogens with one attached hydrogen (secondary N) is 1. The van der Waals surface area contributed by atoms with Gasteiger partial charge in [-0.15, -0.1) is 0 Å². The number of aryl methyl sites for hydroxylation is 1. The Morgan fingerprint density at radius 3 is 2.59 bits per heavy atom. The third kappa shape index (κ3) is 5.13. The van der Waals surface area contributed by atoms with Crippen LogP contribution >= 0.6 is 0 Å². The zero-order chi connectivity index (χ0) is 22.6. The lowest BCUT2D eigenvalue weighted by atomic mass is 9.93. The fourth-order valence-corrected chi connectivity index (χ4v) is 6.38. The maximum Gasteiger partial charge on any atom is 0.248 e. The van der Waals surface area contributed by atoms with Gasteiger partial charge >= 0.3 is 0 Å². The fraction of sp³-hybridized carbons (Fsp3) is 0.500. The lowest BCUT2D eigenvalue weighted by molar-refractivity contribution is -0.127. The van der Waals surface area contributed by atoms with E-state index in [9.17, 15) is 13.2 Å². The number of sulfonamides is 1. The van der Waals surface area contributed by atoms with Gasteiger partial charge in [0.05, 0.1) is 5.92 Å². The molecule has 1 aromatic carbocycles. The predicted octanol–water partition coefficient (Wildman–Crippen LogP) is 4.00. The van der Waals surface area contributed by atoms with E-state index in [1.165, 1.54) is 10.7 Å². The van der Waals surface area contributed by atoms with Gasteiger partial charge in [0, 0.05) is 19.1 Å². The summed E-state index contributed by atoms with van der Waals surface area (Å²) in [7, 11) is -3.84. The van der Waals surface area contributed by atoms with E-state index in [-0.39, 0.29) is 35.1 Å². The zero-order valence-electron chi connectivity index (χ0n) is 18.5. The van der Waals surface area contributed by atoms with Crippen molar-refractivity contribution < 1.29 is 17.7 Å². The van der Waals surface area contributed by atoms with Gasteiger partial charge in [0.15, 0.2) is 10.7 Å². The van der Waals surface area contributed by atoms with Crippen LogP contribution in [0.2, 0.25) is 0 Å². The maximum absolute atomic E-state index is 13.5. The highest BCUT2D eigenvalue weighted by atomic mass is 32.2. The molecule has 1 saturated carbocycles. The molecule has 2 heterocycles. The van der Waals surface area contributed by atoms with Crippen molar-refractivity contribution in [2.75, 3.05) is 13.1 Å². The molecular weight excluding hydrogens is 426 g/mol. The number of rotatable bonds is 6. The van der Waals surface area contributed by atoms with E-state index < -0.39 is 10.0 Å². The predicted molar refractivity (Wildman–Crippen MR) is 123 cm³/mol. The van der Waals surface area contributed by atoms with Crippen LogP contribution in [-0.2, 0) is 14.8 Å². The Morgan fingerprint density at radius 2 is 1.84 bits per heavy atom. The van der Waals surface area contributed by atoms with Crippen molar-refractivity contribution >= 4 is 28.1 Å². The Labute approximate surface area is 189 Å². The SMILES string of the molecule is Cc1noc(C=Cc2ccccc2)c1S(=O)(=O)N1CCCC(C(=O)NC2CCCCC2)C1. The van der Waals surface area contributed by atoms with Crippen LogP contribution in [0, 0.1) is 12.8 Å². The molecule has 1 unspecified atom stereocenters. The van der Waals surface area contributed by atoms with Gasteiger partial charge in [0.1, 0.15) is 5.69 Å². The average molecular weight is 458 g/mol. The quantitative estimate of drug-likeness (QED) is 0.708. The number of benzene rings is 1. The van der Waals surface area contributed by atoms with Crippen LogP contribution in [-0.4, -0.2) is 42.9 Å². The third-order valence-electron chi connectivity index (χ3n) is 6.36. The van der Waals surface area contributed by atoms with E-state index in [0.717, 1.165) is 31.2 Å². The molecule has 0 spiro atoms. The fourth-order valence-electron chi connectivity index (χ4n) is 4.60. The van der Waals surface area contributed by atoms with Crippen molar-refractivity contribution in [2.45, 2.75) is 62.8 Å². The Balaban J connectivity index is 1.50. The van der Waals surface area contributed by atoms with E-state index in [2.05, 4.69) is 10.5 Å². The average Bonchev–Trinajstić information content (AvgIpc) is 3.20. The van der Waals surface area contributed by atoms with Crippen LogP contribution in [0.15, 0.2) is 39.8 Å². The van der Waals surface area contributed by atoms with Gasteiger partial charge in [-0.25, -0.2) is 8.42 Å². The number of piperidine rings is 1. The molecule has 7 nitrogen and oxygen atoms in total. The monoisotopic (exact) mass is 457 g/mol. The Hall–Kier alpha value is -2.45. The number of carbonyl (C=O) groups is 1. The zero-order valence-corrected chi connectivity index (χ0v) is 19.3. The lowest BCUT2D eigenvalue weighted by Gasteiger charge is -2.32. The maximum atomic E-state index is 13.5. The van der Waals surface area contributed by atoms with Gasteiger partial charge in [0.2, 0.25) is 15.9 Å². The number of aromatic nitrogens is 1. The highest BCUT2D eigenvalue weighted by Crippen LogP contribution is 2.29. The second kappa shape index (κ2) is 10.0. The molecule has 2 aliphatic rings. The first kappa shape index (κ1) is 22.7. The lowest BCUT2D eigenvalue weighted by Crippen LogP contribution is -2.48. The third-order valence-corrected chi connectivity index (χ3v) is 8.39. The smallest absolute Gasteiger partial charge is 0.248 e. The topological polar surface area (TPSA) is 92.5 Å². The summed E-state index contributed by atoms with van der Waals surface area (Å²) in [6.07, 6.45) is 10.3. The van der Waals surface area contributed by atoms with Crippen LogP contribution < -0.4 is 5.32 Å². The molecule has 8 heteroatoms. The number of hydrogen-bond donors (Lipinski definition) is 1. The molecule has 1 amide bonds. The minimum Gasteiger partial charge on any atom is -0.355 e. The highest BCUT2D eigenvalue weighted by molar-refractivity contribution is 7.89. The summed E-state index contributed by atoms with van der Waals surface area (Å²) in [5, 5.41) is 7.06. The van der Waals surface area contributed by atoms with Gasteiger partial charge in [-0.05, 0) is 44.2 Å². The van der Waals surface area contributed by atoms with Crippen molar-refractivity contribution in [3.05, 3.63) is 47.3 Å². The second-order valence-electron chi connectivity index (χ2n) is 8.75. The van der Waals surface area contributed by atoms with Crippen molar-refractivity contribution in [2.24, 2.45) is 5.92 Å². The van der Waals surface area contributed by atoms with E-state index in [1.807, 2.05) is 30.3 Å². The molecule has 32 heavy (non-hydrogen) atoms. The van der Waals surface area contributed by atoms with Crippen molar-refractivity contribution in [1.82, 2.24) is 14.8 Å². The molecule has 1 aliphatic carbocycles. The second-order valence-corrected chi connectivity index (χ2v) is 10.6. The Bertz CT molecular complexity index is 1060. The molecule has 1 aromatic heterocycles. The molecule has 4 rings (SSSR count). The summed E-state index contributed by atoms with van der Waals surface area (Å²) in [5.41, 5.74) is 1.26. The molecule has 1 N–H and O–H groups in total. The number of amides is 1. The number of hydrogen-bond acceptors (Lipinski definition) is 5. The van der Waals surface area contributed by atoms with Crippen LogP contribution in [0.3, 0.4) is 0 Å². The minimum atomic E-state index is -3.84. The highest BCUT2D eigenvalue weighted by Gasteiger charge is 2.37. The van der Waals surface area contributed by atoms with Crippen LogP contribution in [0.1, 0.15) is 62.0 Å². The number of carbonyl (C=O) groups excluding carboxylic acids is 1. The first-order valence-electron chi connectivity index (χ1n) is 11.4. The van der Waals surface area contributed by atoms with Crippen LogP contribution in [0.5, 0.6) is 0 Å². The molecule has 1 aliphatic heterocycles. The molecule has 2 fully saturated rings. The molecular formula is C24H31N3O4S. The van der Waals surface area contributed by atoms with E-state index >= 15 is 0 Å². The summed E-state index contributed by atoms with van der Waals surface area (Å²) in [6.45, 7) is 2.21. The first-order valence-corrected chi connectivity index (χ1v) is 12.9. The summed E-state index contributed by atoms with van der Waals surface area (Å²) >= 11 is 0. The van der Waals surface area contributed by atoms with E-state index in [1.54, 1.807) is 19.1 Å². The van der Waals surface area contributed by atoms with Gasteiger partial charge in [-0.1, -0.05) is 60.8 Å². The molecule has 1 atom stereocenters. The van der Waals surface area contributed by atoms with E-state index in [4.69, 9.17) is 4.52 Å². The Morgan fingerprint density at radius 1 is 1.09 bits per heavy atom. The molecule has 2 aromatic rings. The van der Waals surface area contributed by atoms with Crippen molar-refractivity contribution in [3.8, 4) is 0 Å². The van der Waals surface area contributed by atoms with Crippen molar-refractivity contribution in [3.63, 3.8) is 0 Å². The summed E-state index contributed by atoms with van der Waals surface area (Å²) < 4.78 is 33.8.